The number of hydrogen-bond donors (Lipinski definition) is 2. The normalized spacial score (nSPS) is 11.0. The van der Waals surface area contributed by atoms with Crippen LogP contribution in [0.1, 0.15) is 19.4 Å². The number of non-ortho nitro benzene ring substituents is 1. The highest BCUT2D eigenvalue weighted by molar-refractivity contribution is 14.0. The third-order valence-corrected chi connectivity index (χ3v) is 3.46. The average Bonchev–Trinajstić information content (AvgIpc) is 2.49. The number of halogens is 1. The largest absolute Gasteiger partial charge is 0.356 e. The highest BCUT2D eigenvalue weighted by atomic mass is 127. The first-order chi connectivity index (χ1) is 10.5. The highest BCUT2D eigenvalue weighted by Gasteiger charge is 2.04. The Morgan fingerprint density at radius 2 is 1.96 bits per heavy atom. The Labute approximate surface area is 159 Å². The number of guanidine groups is 1. The van der Waals surface area contributed by atoms with E-state index in [9.17, 15) is 10.1 Å². The first-order valence-corrected chi connectivity index (χ1v) is 8.66. The van der Waals surface area contributed by atoms with Crippen LogP contribution in [-0.2, 0) is 6.54 Å². The van der Waals surface area contributed by atoms with Crippen molar-refractivity contribution >= 4 is 47.4 Å². The maximum Gasteiger partial charge on any atom is 0.269 e. The predicted octanol–water partition coefficient (Wildman–Crippen LogP) is 3.27. The number of nitro benzene ring substituents is 1. The van der Waals surface area contributed by atoms with E-state index in [4.69, 9.17) is 0 Å². The molecule has 2 N–H and O–H groups in total. The molecule has 0 saturated carbocycles. The zero-order valence-corrected chi connectivity index (χ0v) is 16.9. The summed E-state index contributed by atoms with van der Waals surface area (Å²) in [6, 6.07) is 6.49. The van der Waals surface area contributed by atoms with E-state index in [-0.39, 0.29) is 29.7 Å². The van der Waals surface area contributed by atoms with Gasteiger partial charge < -0.3 is 10.6 Å². The van der Waals surface area contributed by atoms with E-state index in [1.807, 2.05) is 0 Å². The molecule has 1 rings (SSSR count). The van der Waals surface area contributed by atoms with Crippen molar-refractivity contribution < 1.29 is 4.92 Å². The molecule has 0 fully saturated rings. The van der Waals surface area contributed by atoms with Gasteiger partial charge in [0.05, 0.1) is 11.5 Å². The molecule has 0 spiro atoms. The van der Waals surface area contributed by atoms with Gasteiger partial charge in [0, 0.05) is 31.0 Å². The molecule has 130 valence electrons. The number of nitrogens with zero attached hydrogens (tertiary/aromatic N) is 2. The minimum atomic E-state index is -0.396. The van der Waals surface area contributed by atoms with Crippen molar-refractivity contribution in [1.82, 2.24) is 10.6 Å². The molecule has 0 amide bonds. The summed E-state index contributed by atoms with van der Waals surface area (Å²) in [7, 11) is 0. The lowest BCUT2D eigenvalue weighted by Gasteiger charge is -2.13. The molecule has 0 aliphatic carbocycles. The van der Waals surface area contributed by atoms with Crippen LogP contribution in [0.2, 0.25) is 0 Å². The van der Waals surface area contributed by atoms with Crippen LogP contribution in [0.4, 0.5) is 5.69 Å². The fourth-order valence-corrected chi connectivity index (χ4v) is 1.95. The Hall–Kier alpha value is -1.03. The van der Waals surface area contributed by atoms with Crippen LogP contribution in [0.15, 0.2) is 29.3 Å². The van der Waals surface area contributed by atoms with Gasteiger partial charge in [-0.2, -0.15) is 11.8 Å². The van der Waals surface area contributed by atoms with Crippen molar-refractivity contribution in [1.29, 1.82) is 0 Å². The fourth-order valence-electron chi connectivity index (χ4n) is 1.64. The summed E-state index contributed by atoms with van der Waals surface area (Å²) < 4.78 is 0. The van der Waals surface area contributed by atoms with E-state index in [0.29, 0.717) is 12.5 Å². The van der Waals surface area contributed by atoms with E-state index in [2.05, 4.69) is 35.7 Å². The number of thioether (sulfide) groups is 1. The first kappa shape index (κ1) is 22.0. The summed E-state index contributed by atoms with van der Waals surface area (Å²) in [5, 5.41) is 17.2. The molecule has 0 atom stereocenters. The van der Waals surface area contributed by atoms with Gasteiger partial charge in [0.15, 0.2) is 5.96 Å². The second-order valence-corrected chi connectivity index (χ2v) is 6.27. The van der Waals surface area contributed by atoms with E-state index in [0.717, 1.165) is 30.4 Å². The van der Waals surface area contributed by atoms with Crippen LogP contribution in [0, 0.1) is 16.0 Å². The minimum Gasteiger partial charge on any atom is -0.356 e. The molecule has 0 aliphatic heterocycles. The van der Waals surface area contributed by atoms with Crippen LogP contribution in [0.25, 0.3) is 0 Å². The number of aliphatic imine (C=N–C) groups is 1. The van der Waals surface area contributed by atoms with Gasteiger partial charge in [-0.05, 0) is 17.7 Å². The fraction of sp³-hybridized carbons (Fsp3) is 0.533. The number of nitrogens with one attached hydrogen (secondary N) is 2. The van der Waals surface area contributed by atoms with E-state index >= 15 is 0 Å². The first-order valence-electron chi connectivity index (χ1n) is 7.27. The Balaban J connectivity index is 0.00000484. The molecule has 0 unspecified atom stereocenters. The van der Waals surface area contributed by atoms with Crippen LogP contribution in [0.5, 0.6) is 0 Å². The van der Waals surface area contributed by atoms with Crippen molar-refractivity contribution in [3.8, 4) is 0 Å². The molecule has 8 heteroatoms. The van der Waals surface area contributed by atoms with Crippen LogP contribution < -0.4 is 10.6 Å². The molecule has 0 radical (unpaired) electrons. The van der Waals surface area contributed by atoms with Crippen LogP contribution >= 0.6 is 35.7 Å². The van der Waals surface area contributed by atoms with Gasteiger partial charge >= 0.3 is 0 Å². The number of hydrogen-bond acceptors (Lipinski definition) is 4. The average molecular weight is 452 g/mol. The maximum absolute atomic E-state index is 10.6. The molecule has 0 aromatic heterocycles. The summed E-state index contributed by atoms with van der Waals surface area (Å²) in [5.74, 6) is 2.33. The summed E-state index contributed by atoms with van der Waals surface area (Å²) in [4.78, 5) is 14.8. The predicted molar refractivity (Wildman–Crippen MR) is 109 cm³/mol. The quantitative estimate of drug-likeness (QED) is 0.158. The smallest absolute Gasteiger partial charge is 0.269 e. The maximum atomic E-state index is 10.6. The van der Waals surface area contributed by atoms with Crippen molar-refractivity contribution in [3.05, 3.63) is 39.9 Å². The SMILES string of the molecule is CSCCNC(=NCc1ccc([N+](=O)[O-])cc1)NCC(C)C.I. The molecule has 0 heterocycles. The molecule has 0 bridgehead atoms. The lowest BCUT2D eigenvalue weighted by atomic mass is 10.2. The second kappa shape index (κ2) is 12.4. The lowest BCUT2D eigenvalue weighted by molar-refractivity contribution is -0.384. The molecular weight excluding hydrogens is 427 g/mol. The molecular formula is C15H25IN4O2S. The van der Waals surface area contributed by atoms with Crippen molar-refractivity contribution in [3.63, 3.8) is 0 Å². The number of nitro groups is 1. The van der Waals surface area contributed by atoms with Gasteiger partial charge in [-0.3, -0.25) is 10.1 Å². The van der Waals surface area contributed by atoms with Gasteiger partial charge in [-0.1, -0.05) is 26.0 Å². The molecule has 1 aromatic rings. The second-order valence-electron chi connectivity index (χ2n) is 5.28. The summed E-state index contributed by atoms with van der Waals surface area (Å²) in [6.45, 7) is 6.48. The van der Waals surface area contributed by atoms with Gasteiger partial charge in [-0.15, -0.1) is 24.0 Å². The van der Waals surface area contributed by atoms with Gasteiger partial charge in [0.25, 0.3) is 5.69 Å². The summed E-state index contributed by atoms with van der Waals surface area (Å²) in [6.07, 6.45) is 2.07. The van der Waals surface area contributed by atoms with Crippen LogP contribution in [-0.4, -0.2) is 36.0 Å². The van der Waals surface area contributed by atoms with Crippen molar-refractivity contribution in [2.45, 2.75) is 20.4 Å². The molecule has 1 aromatic carbocycles. The molecule has 6 nitrogen and oxygen atoms in total. The Morgan fingerprint density at radius 1 is 1.30 bits per heavy atom. The Kier molecular flexibility index (Phi) is 11.8. The molecule has 0 aliphatic rings. The molecule has 0 saturated heterocycles. The van der Waals surface area contributed by atoms with Crippen molar-refractivity contribution in [2.24, 2.45) is 10.9 Å². The monoisotopic (exact) mass is 452 g/mol. The Morgan fingerprint density at radius 3 is 2.48 bits per heavy atom. The molecule has 23 heavy (non-hydrogen) atoms. The highest BCUT2D eigenvalue weighted by Crippen LogP contribution is 2.12. The number of benzene rings is 1. The summed E-state index contributed by atoms with van der Waals surface area (Å²) >= 11 is 1.78. The third kappa shape index (κ3) is 9.65. The van der Waals surface area contributed by atoms with Gasteiger partial charge in [0.1, 0.15) is 0 Å². The van der Waals surface area contributed by atoms with E-state index in [1.165, 1.54) is 12.1 Å². The zero-order valence-electron chi connectivity index (χ0n) is 13.7. The third-order valence-electron chi connectivity index (χ3n) is 2.84. The van der Waals surface area contributed by atoms with E-state index < -0.39 is 4.92 Å². The number of rotatable bonds is 8. The van der Waals surface area contributed by atoms with E-state index in [1.54, 1.807) is 23.9 Å². The van der Waals surface area contributed by atoms with Gasteiger partial charge in [0.2, 0.25) is 0 Å². The summed E-state index contributed by atoms with van der Waals surface area (Å²) in [5.41, 5.74) is 1.05. The lowest BCUT2D eigenvalue weighted by Crippen LogP contribution is -2.40. The topological polar surface area (TPSA) is 79.6 Å². The Bertz CT molecular complexity index is 495. The van der Waals surface area contributed by atoms with Crippen LogP contribution in [0.3, 0.4) is 0 Å². The minimum absolute atomic E-state index is 0. The standard InChI is InChI=1S/C15H24N4O2S.HI/c1-12(2)10-17-15(16-8-9-22-3)18-11-13-4-6-14(7-5-13)19(20)21;/h4-7,12H,8-11H2,1-3H3,(H2,16,17,18);1H. The van der Waals surface area contributed by atoms with Gasteiger partial charge in [-0.25, -0.2) is 4.99 Å². The van der Waals surface area contributed by atoms with Crippen molar-refractivity contribution in [2.75, 3.05) is 25.1 Å². The zero-order chi connectivity index (χ0) is 16.4.